The standard InChI is InChI=1S/C12H16F3NO/c1-3-17-11-5-4-10(6-9(11)2)7-16-8-12(13,14)15/h4-6,16H,3,7-8H2,1-2H3. The van der Waals surface area contributed by atoms with E-state index in [0.717, 1.165) is 16.9 Å². The highest BCUT2D eigenvalue weighted by molar-refractivity contribution is 5.36. The van der Waals surface area contributed by atoms with Gasteiger partial charge in [0.25, 0.3) is 0 Å². The second-order valence-electron chi connectivity index (χ2n) is 3.75. The first-order valence-corrected chi connectivity index (χ1v) is 5.42. The minimum Gasteiger partial charge on any atom is -0.494 e. The molecule has 0 heterocycles. The van der Waals surface area contributed by atoms with Crippen LogP contribution in [0.2, 0.25) is 0 Å². The summed E-state index contributed by atoms with van der Waals surface area (Å²) in [5.74, 6) is 0.770. The Labute approximate surface area is 98.8 Å². The Morgan fingerprint density at radius 3 is 2.53 bits per heavy atom. The quantitative estimate of drug-likeness (QED) is 0.863. The summed E-state index contributed by atoms with van der Waals surface area (Å²) in [5, 5.41) is 2.35. The predicted octanol–water partition coefficient (Wildman–Crippen LogP) is 3.05. The van der Waals surface area contributed by atoms with Gasteiger partial charge in [-0.25, -0.2) is 0 Å². The Balaban J connectivity index is 2.53. The van der Waals surface area contributed by atoms with Crippen LogP contribution in [0.1, 0.15) is 18.1 Å². The molecule has 0 aliphatic rings. The molecule has 0 unspecified atom stereocenters. The van der Waals surface area contributed by atoms with Crippen molar-refractivity contribution in [2.45, 2.75) is 26.6 Å². The predicted molar refractivity (Wildman–Crippen MR) is 60.1 cm³/mol. The largest absolute Gasteiger partial charge is 0.494 e. The molecule has 0 amide bonds. The van der Waals surface area contributed by atoms with Gasteiger partial charge in [-0.3, -0.25) is 0 Å². The molecule has 96 valence electrons. The summed E-state index contributed by atoms with van der Waals surface area (Å²) in [6.07, 6.45) is -4.17. The smallest absolute Gasteiger partial charge is 0.401 e. The number of hydrogen-bond acceptors (Lipinski definition) is 2. The van der Waals surface area contributed by atoms with Gasteiger partial charge in [-0.05, 0) is 31.0 Å². The van der Waals surface area contributed by atoms with Gasteiger partial charge >= 0.3 is 6.18 Å². The zero-order chi connectivity index (χ0) is 12.9. The molecule has 0 saturated carbocycles. The summed E-state index contributed by atoms with van der Waals surface area (Å²) in [7, 11) is 0. The lowest BCUT2D eigenvalue weighted by atomic mass is 10.1. The molecule has 1 N–H and O–H groups in total. The lowest BCUT2D eigenvalue weighted by molar-refractivity contribution is -0.125. The highest BCUT2D eigenvalue weighted by atomic mass is 19.4. The van der Waals surface area contributed by atoms with E-state index in [1.807, 2.05) is 19.9 Å². The van der Waals surface area contributed by atoms with Crippen LogP contribution in [0.15, 0.2) is 18.2 Å². The number of aryl methyl sites for hydroxylation is 1. The fourth-order valence-electron chi connectivity index (χ4n) is 1.49. The molecule has 0 aliphatic heterocycles. The van der Waals surface area contributed by atoms with Crippen molar-refractivity contribution in [1.29, 1.82) is 0 Å². The zero-order valence-corrected chi connectivity index (χ0v) is 9.90. The first-order chi connectivity index (χ1) is 7.92. The van der Waals surface area contributed by atoms with Crippen molar-refractivity contribution in [3.8, 4) is 5.75 Å². The van der Waals surface area contributed by atoms with E-state index in [4.69, 9.17) is 4.74 Å². The maximum Gasteiger partial charge on any atom is 0.401 e. The molecule has 0 aromatic heterocycles. The van der Waals surface area contributed by atoms with Crippen molar-refractivity contribution in [3.63, 3.8) is 0 Å². The van der Waals surface area contributed by atoms with E-state index >= 15 is 0 Å². The highest BCUT2D eigenvalue weighted by Gasteiger charge is 2.25. The molecule has 0 fully saturated rings. The fourth-order valence-corrected chi connectivity index (χ4v) is 1.49. The lowest BCUT2D eigenvalue weighted by Gasteiger charge is -2.11. The SMILES string of the molecule is CCOc1ccc(CNCC(F)(F)F)cc1C. The monoisotopic (exact) mass is 247 g/mol. The third-order valence-corrected chi connectivity index (χ3v) is 2.19. The van der Waals surface area contributed by atoms with E-state index in [1.54, 1.807) is 12.1 Å². The minimum atomic E-state index is -4.17. The third-order valence-electron chi connectivity index (χ3n) is 2.19. The molecule has 5 heteroatoms. The second kappa shape index (κ2) is 5.91. The zero-order valence-electron chi connectivity index (χ0n) is 9.90. The average Bonchev–Trinajstić information content (AvgIpc) is 2.20. The third kappa shape index (κ3) is 5.08. The van der Waals surface area contributed by atoms with Crippen molar-refractivity contribution in [2.75, 3.05) is 13.2 Å². The molecule has 1 rings (SSSR count). The normalized spacial score (nSPS) is 11.6. The number of ether oxygens (including phenoxy) is 1. The number of alkyl halides is 3. The van der Waals surface area contributed by atoms with Gasteiger partial charge in [-0.2, -0.15) is 13.2 Å². The van der Waals surface area contributed by atoms with Crippen LogP contribution in [-0.4, -0.2) is 19.3 Å². The average molecular weight is 247 g/mol. The summed E-state index contributed by atoms with van der Waals surface area (Å²) in [6, 6.07) is 5.37. The van der Waals surface area contributed by atoms with Crippen molar-refractivity contribution in [3.05, 3.63) is 29.3 Å². The van der Waals surface area contributed by atoms with Gasteiger partial charge < -0.3 is 10.1 Å². The summed E-state index contributed by atoms with van der Waals surface area (Å²) in [5.41, 5.74) is 1.74. The minimum absolute atomic E-state index is 0.201. The van der Waals surface area contributed by atoms with Crippen LogP contribution >= 0.6 is 0 Å². The Morgan fingerprint density at radius 1 is 1.29 bits per heavy atom. The molecule has 0 bridgehead atoms. The van der Waals surface area contributed by atoms with Crippen molar-refractivity contribution >= 4 is 0 Å². The lowest BCUT2D eigenvalue weighted by Crippen LogP contribution is -2.28. The highest BCUT2D eigenvalue weighted by Crippen LogP contribution is 2.19. The van der Waals surface area contributed by atoms with Crippen LogP contribution in [-0.2, 0) is 6.54 Å². The Morgan fingerprint density at radius 2 is 2.00 bits per heavy atom. The Kier molecular flexibility index (Phi) is 4.81. The molecule has 0 aliphatic carbocycles. The van der Waals surface area contributed by atoms with Crippen molar-refractivity contribution in [1.82, 2.24) is 5.32 Å². The first-order valence-electron chi connectivity index (χ1n) is 5.42. The Hall–Kier alpha value is -1.23. The van der Waals surface area contributed by atoms with Crippen LogP contribution in [0.25, 0.3) is 0 Å². The number of rotatable bonds is 5. The van der Waals surface area contributed by atoms with Crippen LogP contribution in [0.5, 0.6) is 5.75 Å². The summed E-state index contributed by atoms with van der Waals surface area (Å²) in [6.45, 7) is 3.56. The van der Waals surface area contributed by atoms with Gasteiger partial charge in [0, 0.05) is 6.54 Å². The van der Waals surface area contributed by atoms with E-state index in [1.165, 1.54) is 0 Å². The van der Waals surface area contributed by atoms with Crippen LogP contribution in [0.4, 0.5) is 13.2 Å². The number of halogens is 3. The topological polar surface area (TPSA) is 21.3 Å². The van der Waals surface area contributed by atoms with E-state index in [9.17, 15) is 13.2 Å². The summed E-state index contributed by atoms with van der Waals surface area (Å²) >= 11 is 0. The number of benzene rings is 1. The van der Waals surface area contributed by atoms with E-state index < -0.39 is 12.7 Å². The van der Waals surface area contributed by atoms with Gasteiger partial charge in [0.15, 0.2) is 0 Å². The summed E-state index contributed by atoms with van der Waals surface area (Å²) in [4.78, 5) is 0. The van der Waals surface area contributed by atoms with E-state index in [-0.39, 0.29) is 6.54 Å². The van der Waals surface area contributed by atoms with E-state index in [2.05, 4.69) is 5.32 Å². The molecular formula is C12H16F3NO. The van der Waals surface area contributed by atoms with Crippen LogP contribution < -0.4 is 10.1 Å². The van der Waals surface area contributed by atoms with Gasteiger partial charge in [-0.15, -0.1) is 0 Å². The van der Waals surface area contributed by atoms with Gasteiger partial charge in [0.2, 0.25) is 0 Å². The number of nitrogens with one attached hydrogen (secondary N) is 1. The van der Waals surface area contributed by atoms with Gasteiger partial charge in [0.05, 0.1) is 13.2 Å². The molecule has 1 aromatic rings. The van der Waals surface area contributed by atoms with Crippen LogP contribution in [0.3, 0.4) is 0 Å². The molecule has 17 heavy (non-hydrogen) atoms. The van der Waals surface area contributed by atoms with Crippen molar-refractivity contribution in [2.24, 2.45) is 0 Å². The molecule has 1 aromatic carbocycles. The molecule has 2 nitrogen and oxygen atoms in total. The molecule has 0 saturated heterocycles. The maximum absolute atomic E-state index is 11.9. The van der Waals surface area contributed by atoms with Gasteiger partial charge in [0.1, 0.15) is 5.75 Å². The van der Waals surface area contributed by atoms with Gasteiger partial charge in [-0.1, -0.05) is 12.1 Å². The number of hydrogen-bond donors (Lipinski definition) is 1. The maximum atomic E-state index is 11.9. The molecule has 0 spiro atoms. The van der Waals surface area contributed by atoms with Crippen LogP contribution in [0, 0.1) is 6.92 Å². The molecular weight excluding hydrogens is 231 g/mol. The fraction of sp³-hybridized carbons (Fsp3) is 0.500. The first kappa shape index (κ1) is 13.8. The summed E-state index contributed by atoms with van der Waals surface area (Å²) < 4.78 is 41.1. The molecule has 0 radical (unpaired) electrons. The Bertz CT molecular complexity index is 363. The molecule has 0 atom stereocenters. The van der Waals surface area contributed by atoms with E-state index in [0.29, 0.717) is 6.61 Å². The second-order valence-corrected chi connectivity index (χ2v) is 3.75. The van der Waals surface area contributed by atoms with Crippen molar-refractivity contribution < 1.29 is 17.9 Å².